The molecule has 0 aliphatic rings. The molecule has 9 nitrogen and oxygen atoms in total. The smallest absolute Gasteiger partial charge is 0.329 e. The summed E-state index contributed by atoms with van der Waals surface area (Å²) in [4.78, 5) is 35.8. The molecule has 0 aliphatic heterocycles. The second-order valence-corrected chi connectivity index (χ2v) is 7.26. The van der Waals surface area contributed by atoms with E-state index in [4.69, 9.17) is 20.8 Å². The van der Waals surface area contributed by atoms with Crippen molar-refractivity contribution in [2.45, 2.75) is 13.5 Å². The van der Waals surface area contributed by atoms with Gasteiger partial charge in [-0.05, 0) is 66.6 Å². The first-order valence-electron chi connectivity index (χ1n) is 9.83. The van der Waals surface area contributed by atoms with Crippen molar-refractivity contribution in [3.8, 4) is 5.75 Å². The Kier molecular flexibility index (Phi) is 8.20. The van der Waals surface area contributed by atoms with Crippen molar-refractivity contribution in [1.29, 1.82) is 0 Å². The van der Waals surface area contributed by atoms with Crippen LogP contribution in [0.2, 0.25) is 5.02 Å². The molecule has 0 aliphatic carbocycles. The first kappa shape index (κ1) is 23.6. The Bertz CT molecular complexity index is 1140. The van der Waals surface area contributed by atoms with Gasteiger partial charge in [0, 0.05) is 10.7 Å². The van der Waals surface area contributed by atoms with Crippen LogP contribution < -0.4 is 20.8 Å². The van der Waals surface area contributed by atoms with Crippen LogP contribution in [0.5, 0.6) is 5.75 Å². The zero-order chi connectivity index (χ0) is 23.6. The molecule has 2 aromatic carbocycles. The molecule has 3 rings (SSSR count). The lowest BCUT2D eigenvalue weighted by molar-refractivity contribution is -0.136. The number of rotatable bonds is 8. The fourth-order valence-electron chi connectivity index (χ4n) is 2.57. The minimum Gasteiger partial charge on any atom is -0.484 e. The average molecular weight is 469 g/mol. The van der Waals surface area contributed by atoms with E-state index in [1.54, 1.807) is 61.5 Å². The van der Waals surface area contributed by atoms with Gasteiger partial charge in [-0.15, -0.1) is 0 Å². The minimum atomic E-state index is -0.925. The van der Waals surface area contributed by atoms with Gasteiger partial charge in [0.25, 0.3) is 5.91 Å². The molecule has 10 heteroatoms. The maximum atomic E-state index is 12.0. The summed E-state index contributed by atoms with van der Waals surface area (Å²) in [7, 11) is 0. The van der Waals surface area contributed by atoms with Gasteiger partial charge in [-0.1, -0.05) is 17.7 Å². The number of carbonyl (C=O) groups is 3. The highest BCUT2D eigenvalue weighted by molar-refractivity contribution is 6.40. The molecule has 0 saturated heterocycles. The van der Waals surface area contributed by atoms with Crippen LogP contribution in [0, 0.1) is 6.92 Å². The van der Waals surface area contributed by atoms with E-state index in [0.29, 0.717) is 27.8 Å². The standard InChI is InChI=1S/C23H21ClN4O5/c1-15-4-7-17(24)11-20(15)27-22(30)23(31)28-26-12-16-5-8-18(9-6-16)33-14-21(29)25-13-19-3-2-10-32-19/h2-12H,13-14H2,1H3,(H,25,29)(H,27,30)(H,28,31)/b26-12-. The molecular formula is C23H21ClN4O5. The molecule has 33 heavy (non-hydrogen) atoms. The third-order valence-corrected chi connectivity index (χ3v) is 4.56. The zero-order valence-electron chi connectivity index (χ0n) is 17.6. The first-order valence-corrected chi connectivity index (χ1v) is 10.2. The fourth-order valence-corrected chi connectivity index (χ4v) is 2.75. The van der Waals surface area contributed by atoms with Crippen molar-refractivity contribution in [3.63, 3.8) is 0 Å². The monoisotopic (exact) mass is 468 g/mol. The maximum Gasteiger partial charge on any atom is 0.329 e. The van der Waals surface area contributed by atoms with Gasteiger partial charge in [-0.2, -0.15) is 5.10 Å². The highest BCUT2D eigenvalue weighted by Crippen LogP contribution is 2.20. The molecule has 0 spiro atoms. The van der Waals surface area contributed by atoms with Gasteiger partial charge < -0.3 is 19.8 Å². The molecule has 3 aromatic rings. The zero-order valence-corrected chi connectivity index (χ0v) is 18.4. The van der Waals surface area contributed by atoms with Crippen LogP contribution in [-0.2, 0) is 20.9 Å². The summed E-state index contributed by atoms with van der Waals surface area (Å²) in [6.07, 6.45) is 2.90. The predicted molar refractivity (Wildman–Crippen MR) is 123 cm³/mol. The summed E-state index contributed by atoms with van der Waals surface area (Å²) < 4.78 is 10.6. The summed E-state index contributed by atoms with van der Waals surface area (Å²) in [5, 5.41) is 9.37. The molecule has 1 heterocycles. The van der Waals surface area contributed by atoms with Gasteiger partial charge in [0.1, 0.15) is 11.5 Å². The van der Waals surface area contributed by atoms with Crippen LogP contribution >= 0.6 is 11.6 Å². The highest BCUT2D eigenvalue weighted by Gasteiger charge is 2.14. The van der Waals surface area contributed by atoms with E-state index < -0.39 is 11.8 Å². The molecule has 0 atom stereocenters. The van der Waals surface area contributed by atoms with Crippen molar-refractivity contribution in [2.75, 3.05) is 11.9 Å². The van der Waals surface area contributed by atoms with E-state index >= 15 is 0 Å². The SMILES string of the molecule is Cc1ccc(Cl)cc1NC(=O)C(=O)N/N=C\c1ccc(OCC(=O)NCc2ccco2)cc1. The highest BCUT2D eigenvalue weighted by atomic mass is 35.5. The molecule has 170 valence electrons. The van der Waals surface area contributed by atoms with Crippen LogP contribution in [0.25, 0.3) is 0 Å². The lowest BCUT2D eigenvalue weighted by Crippen LogP contribution is -2.32. The summed E-state index contributed by atoms with van der Waals surface area (Å²) in [5.74, 6) is -0.944. The van der Waals surface area contributed by atoms with E-state index in [0.717, 1.165) is 5.56 Å². The Morgan fingerprint density at radius 1 is 1.09 bits per heavy atom. The third-order valence-electron chi connectivity index (χ3n) is 4.32. The Morgan fingerprint density at radius 2 is 1.88 bits per heavy atom. The van der Waals surface area contributed by atoms with E-state index in [2.05, 4.69) is 21.2 Å². The quantitative estimate of drug-likeness (QED) is 0.266. The topological polar surface area (TPSA) is 122 Å². The van der Waals surface area contributed by atoms with Crippen LogP contribution in [0.15, 0.2) is 70.4 Å². The van der Waals surface area contributed by atoms with Crippen LogP contribution in [0.3, 0.4) is 0 Å². The third kappa shape index (κ3) is 7.51. The van der Waals surface area contributed by atoms with Crippen molar-refractivity contribution in [3.05, 3.63) is 82.8 Å². The Morgan fingerprint density at radius 3 is 2.61 bits per heavy atom. The Labute approximate surface area is 194 Å². The van der Waals surface area contributed by atoms with Crippen molar-refractivity contribution in [2.24, 2.45) is 5.10 Å². The van der Waals surface area contributed by atoms with Crippen molar-refractivity contribution < 1.29 is 23.5 Å². The molecule has 3 amide bonds. The van der Waals surface area contributed by atoms with Gasteiger partial charge >= 0.3 is 11.8 Å². The number of hydrazone groups is 1. The Balaban J connectivity index is 1.41. The number of amides is 3. The molecule has 0 radical (unpaired) electrons. The number of anilines is 1. The molecule has 0 unspecified atom stereocenters. The largest absolute Gasteiger partial charge is 0.484 e. The lowest BCUT2D eigenvalue weighted by Gasteiger charge is -2.07. The number of benzene rings is 2. The lowest BCUT2D eigenvalue weighted by atomic mass is 10.2. The van der Waals surface area contributed by atoms with Gasteiger partial charge in [0.15, 0.2) is 6.61 Å². The molecule has 0 saturated carbocycles. The molecule has 3 N–H and O–H groups in total. The van der Waals surface area contributed by atoms with Crippen LogP contribution in [-0.4, -0.2) is 30.5 Å². The van der Waals surface area contributed by atoms with Gasteiger partial charge in [-0.3, -0.25) is 14.4 Å². The molecule has 0 bridgehead atoms. The number of carbonyl (C=O) groups excluding carboxylic acids is 3. The maximum absolute atomic E-state index is 12.0. The first-order chi connectivity index (χ1) is 15.9. The summed E-state index contributed by atoms with van der Waals surface area (Å²) in [6.45, 7) is 1.92. The Hall–Kier alpha value is -4.11. The van der Waals surface area contributed by atoms with Gasteiger partial charge in [0.2, 0.25) is 0 Å². The number of ether oxygens (including phenoxy) is 1. The summed E-state index contributed by atoms with van der Waals surface area (Å²) >= 11 is 5.90. The van der Waals surface area contributed by atoms with Crippen LogP contribution in [0.1, 0.15) is 16.9 Å². The summed E-state index contributed by atoms with van der Waals surface area (Å²) in [5.41, 5.74) is 4.01. The van der Waals surface area contributed by atoms with E-state index in [1.165, 1.54) is 12.5 Å². The normalized spacial score (nSPS) is 10.6. The second-order valence-electron chi connectivity index (χ2n) is 6.83. The van der Waals surface area contributed by atoms with Crippen LogP contribution in [0.4, 0.5) is 5.69 Å². The number of nitrogens with zero attached hydrogens (tertiary/aromatic N) is 1. The summed E-state index contributed by atoms with van der Waals surface area (Å²) in [6, 6.07) is 15.1. The number of aryl methyl sites for hydroxylation is 1. The van der Waals surface area contributed by atoms with Gasteiger partial charge in [-0.25, -0.2) is 5.43 Å². The number of halogens is 1. The minimum absolute atomic E-state index is 0.147. The second kappa shape index (κ2) is 11.5. The number of hydrogen-bond acceptors (Lipinski definition) is 6. The predicted octanol–water partition coefficient (Wildman–Crippen LogP) is 3.03. The van der Waals surface area contributed by atoms with Crippen molar-refractivity contribution >= 4 is 41.2 Å². The van der Waals surface area contributed by atoms with Crippen molar-refractivity contribution in [1.82, 2.24) is 10.7 Å². The molecule has 1 aromatic heterocycles. The van der Waals surface area contributed by atoms with E-state index in [1.807, 2.05) is 0 Å². The fraction of sp³-hybridized carbons (Fsp3) is 0.130. The van der Waals surface area contributed by atoms with E-state index in [-0.39, 0.29) is 19.1 Å². The van der Waals surface area contributed by atoms with E-state index in [9.17, 15) is 14.4 Å². The number of furan rings is 1. The molecular weight excluding hydrogens is 448 g/mol. The molecule has 0 fully saturated rings. The average Bonchev–Trinajstić information content (AvgIpc) is 3.33. The number of nitrogens with one attached hydrogen (secondary N) is 3. The van der Waals surface area contributed by atoms with Gasteiger partial charge in [0.05, 0.1) is 19.0 Å². The number of hydrogen-bond donors (Lipinski definition) is 3.